The fourth-order valence-electron chi connectivity index (χ4n) is 2.15. The molecule has 1 aliphatic heterocycles. The summed E-state index contributed by atoms with van der Waals surface area (Å²) in [5, 5.41) is 0.288. The molecule has 0 atom stereocenters. The molecule has 0 saturated carbocycles. The predicted molar refractivity (Wildman–Crippen MR) is 94.1 cm³/mol. The summed E-state index contributed by atoms with van der Waals surface area (Å²) >= 11 is 17.3. The highest BCUT2D eigenvalue weighted by Crippen LogP contribution is 2.37. The average molecular weight is 433 g/mol. The van der Waals surface area contributed by atoms with Gasteiger partial charge >= 0.3 is 0 Å². The molecule has 0 aliphatic carbocycles. The van der Waals surface area contributed by atoms with Gasteiger partial charge in [0.25, 0.3) is 0 Å². The van der Waals surface area contributed by atoms with Crippen LogP contribution in [-0.4, -0.2) is 36.3 Å². The van der Waals surface area contributed by atoms with Crippen molar-refractivity contribution in [2.24, 2.45) is 0 Å². The fourth-order valence-corrected chi connectivity index (χ4v) is 6.69. The summed E-state index contributed by atoms with van der Waals surface area (Å²) in [6.45, 7) is 5.21. The molecule has 1 aromatic rings. The van der Waals surface area contributed by atoms with E-state index in [1.54, 1.807) is 23.9 Å². The van der Waals surface area contributed by atoms with E-state index in [1.807, 2.05) is 0 Å². The largest absolute Gasteiger partial charge is 0.246 e. The average Bonchev–Trinajstić information content (AvgIpc) is 2.48. The Bertz CT molecular complexity index is 627. The summed E-state index contributed by atoms with van der Waals surface area (Å²) in [6, 6.07) is 3.10. The number of benzene rings is 1. The molecule has 118 valence electrons. The van der Waals surface area contributed by atoms with Gasteiger partial charge in [-0.1, -0.05) is 53.0 Å². The summed E-state index contributed by atoms with van der Waals surface area (Å²) in [5.74, 6) is 0.762. The Morgan fingerprint density at radius 2 is 1.81 bits per heavy atom. The molecule has 21 heavy (non-hydrogen) atoms. The van der Waals surface area contributed by atoms with E-state index < -0.39 is 10.0 Å². The Hall–Kier alpha value is 0.540. The molecule has 1 fully saturated rings. The zero-order valence-electron chi connectivity index (χ0n) is 11.7. The highest BCUT2D eigenvalue weighted by molar-refractivity contribution is 9.10. The number of hydrogen-bond donors (Lipinski definition) is 0. The monoisotopic (exact) mass is 431 g/mol. The molecule has 1 aliphatic rings. The van der Waals surface area contributed by atoms with E-state index >= 15 is 0 Å². The smallest absolute Gasteiger partial charge is 0.207 e. The Morgan fingerprint density at radius 3 is 2.38 bits per heavy atom. The molecule has 0 amide bonds. The minimum atomic E-state index is -3.68. The standard InChI is InChI=1S/C13H16BrCl2NO2S2/c1-13(2)3-4-17(5-6-20-13)21(18,19)12-10(15)7-9(14)8-11(12)16/h7-8H,3-6H2,1-2H3. The van der Waals surface area contributed by atoms with Gasteiger partial charge in [0, 0.05) is 28.1 Å². The minimum absolute atomic E-state index is 0.00117. The van der Waals surface area contributed by atoms with Crippen LogP contribution in [0, 0.1) is 0 Å². The van der Waals surface area contributed by atoms with Gasteiger partial charge in [0.15, 0.2) is 0 Å². The highest BCUT2D eigenvalue weighted by Gasteiger charge is 2.33. The van der Waals surface area contributed by atoms with E-state index in [2.05, 4.69) is 29.8 Å². The van der Waals surface area contributed by atoms with Crippen LogP contribution in [0.1, 0.15) is 20.3 Å². The third kappa shape index (κ3) is 4.09. The van der Waals surface area contributed by atoms with E-state index in [-0.39, 0.29) is 19.7 Å². The van der Waals surface area contributed by atoms with Crippen molar-refractivity contribution in [2.75, 3.05) is 18.8 Å². The van der Waals surface area contributed by atoms with Crippen molar-refractivity contribution >= 4 is 60.9 Å². The van der Waals surface area contributed by atoms with Crippen molar-refractivity contribution in [2.45, 2.75) is 29.9 Å². The maximum Gasteiger partial charge on any atom is 0.246 e. The first-order valence-corrected chi connectivity index (χ1v) is 10.4. The van der Waals surface area contributed by atoms with Gasteiger partial charge in [-0.05, 0) is 18.6 Å². The van der Waals surface area contributed by atoms with Gasteiger partial charge in [-0.25, -0.2) is 8.42 Å². The third-order valence-corrected chi connectivity index (χ3v) is 8.01. The van der Waals surface area contributed by atoms with Crippen molar-refractivity contribution in [3.63, 3.8) is 0 Å². The molecule has 0 N–H and O–H groups in total. The van der Waals surface area contributed by atoms with E-state index in [1.165, 1.54) is 4.31 Å². The predicted octanol–water partition coefficient (Wildman–Crippen LogP) is 4.66. The van der Waals surface area contributed by atoms with E-state index in [0.29, 0.717) is 17.6 Å². The van der Waals surface area contributed by atoms with Gasteiger partial charge in [-0.3, -0.25) is 0 Å². The van der Waals surface area contributed by atoms with Crippen LogP contribution < -0.4 is 0 Å². The van der Waals surface area contributed by atoms with Gasteiger partial charge in [0.1, 0.15) is 4.90 Å². The lowest BCUT2D eigenvalue weighted by molar-refractivity contribution is 0.415. The molecule has 0 aromatic heterocycles. The van der Waals surface area contributed by atoms with Gasteiger partial charge in [0.05, 0.1) is 10.0 Å². The Morgan fingerprint density at radius 1 is 1.24 bits per heavy atom. The Balaban J connectivity index is 2.39. The second-order valence-electron chi connectivity index (χ2n) is 5.46. The molecule has 0 spiro atoms. The summed E-state index contributed by atoms with van der Waals surface area (Å²) < 4.78 is 27.9. The number of thioether (sulfide) groups is 1. The molecule has 8 heteroatoms. The lowest BCUT2D eigenvalue weighted by atomic mass is 10.1. The lowest BCUT2D eigenvalue weighted by Gasteiger charge is -2.23. The Labute approximate surface area is 148 Å². The zero-order chi connectivity index (χ0) is 15.8. The molecular weight excluding hydrogens is 417 g/mol. The Kier molecular flexibility index (Phi) is 5.60. The summed E-state index contributed by atoms with van der Waals surface area (Å²) in [6.07, 6.45) is 0.794. The molecular formula is C13H16BrCl2NO2S2. The minimum Gasteiger partial charge on any atom is -0.207 e. The van der Waals surface area contributed by atoms with Crippen LogP contribution in [0.25, 0.3) is 0 Å². The SMILES string of the molecule is CC1(C)CCN(S(=O)(=O)c2c(Cl)cc(Br)cc2Cl)CCS1. The number of nitrogens with zero attached hydrogens (tertiary/aromatic N) is 1. The van der Waals surface area contributed by atoms with Crippen LogP contribution >= 0.6 is 50.9 Å². The summed E-state index contributed by atoms with van der Waals surface area (Å²) in [5.41, 5.74) is 0. The quantitative estimate of drug-likeness (QED) is 0.681. The fraction of sp³-hybridized carbons (Fsp3) is 0.538. The van der Waals surface area contributed by atoms with Crippen LogP contribution in [0.15, 0.2) is 21.5 Å². The number of rotatable bonds is 2. The van der Waals surface area contributed by atoms with Gasteiger partial charge in [-0.15, -0.1) is 0 Å². The molecule has 1 heterocycles. The first-order chi connectivity index (χ1) is 9.63. The second-order valence-corrected chi connectivity index (χ2v) is 10.9. The number of sulfonamides is 1. The molecule has 3 nitrogen and oxygen atoms in total. The van der Waals surface area contributed by atoms with E-state index in [4.69, 9.17) is 23.2 Å². The summed E-state index contributed by atoms with van der Waals surface area (Å²) in [7, 11) is -3.68. The van der Waals surface area contributed by atoms with Crippen molar-refractivity contribution in [3.05, 3.63) is 26.7 Å². The van der Waals surface area contributed by atoms with Crippen molar-refractivity contribution in [3.8, 4) is 0 Å². The van der Waals surface area contributed by atoms with Gasteiger partial charge < -0.3 is 0 Å². The normalized spacial score (nSPS) is 20.2. The van der Waals surface area contributed by atoms with Gasteiger partial charge in [-0.2, -0.15) is 16.1 Å². The molecule has 0 bridgehead atoms. The molecule has 1 aromatic carbocycles. The molecule has 2 rings (SSSR count). The zero-order valence-corrected chi connectivity index (χ0v) is 16.4. The number of halogens is 3. The van der Waals surface area contributed by atoms with Crippen molar-refractivity contribution in [1.82, 2.24) is 4.31 Å². The van der Waals surface area contributed by atoms with Crippen LogP contribution in [0.4, 0.5) is 0 Å². The summed E-state index contributed by atoms with van der Waals surface area (Å²) in [4.78, 5) is -0.00117. The first kappa shape index (κ1) is 17.9. The van der Waals surface area contributed by atoms with Crippen LogP contribution in [0.3, 0.4) is 0 Å². The van der Waals surface area contributed by atoms with E-state index in [0.717, 1.165) is 12.2 Å². The van der Waals surface area contributed by atoms with Gasteiger partial charge in [0.2, 0.25) is 10.0 Å². The van der Waals surface area contributed by atoms with E-state index in [9.17, 15) is 8.42 Å². The van der Waals surface area contributed by atoms with Crippen LogP contribution in [-0.2, 0) is 10.0 Å². The van der Waals surface area contributed by atoms with Crippen LogP contribution in [0.2, 0.25) is 10.0 Å². The molecule has 0 unspecified atom stereocenters. The highest BCUT2D eigenvalue weighted by atomic mass is 79.9. The maximum atomic E-state index is 12.8. The number of hydrogen-bond acceptors (Lipinski definition) is 3. The maximum absolute atomic E-state index is 12.8. The van der Waals surface area contributed by atoms with Crippen molar-refractivity contribution < 1.29 is 8.42 Å². The third-order valence-electron chi connectivity index (χ3n) is 3.36. The van der Waals surface area contributed by atoms with Crippen LogP contribution in [0.5, 0.6) is 0 Å². The topological polar surface area (TPSA) is 37.4 Å². The first-order valence-electron chi connectivity index (χ1n) is 6.42. The van der Waals surface area contributed by atoms with Crippen molar-refractivity contribution in [1.29, 1.82) is 0 Å². The lowest BCUT2D eigenvalue weighted by Crippen LogP contribution is -2.34. The molecule has 1 saturated heterocycles. The molecule has 0 radical (unpaired) electrons. The second kappa shape index (κ2) is 6.57.